The van der Waals surface area contributed by atoms with Crippen LogP contribution in [0.4, 0.5) is 0 Å². The van der Waals surface area contributed by atoms with Crippen molar-refractivity contribution >= 4 is 75.3 Å². The summed E-state index contributed by atoms with van der Waals surface area (Å²) in [5.74, 6) is 0. The first-order valence-electron chi connectivity index (χ1n) is 15.3. The van der Waals surface area contributed by atoms with E-state index in [2.05, 4.69) is 144 Å². The van der Waals surface area contributed by atoms with Gasteiger partial charge in [-0.2, -0.15) is 0 Å². The largest absolute Gasteiger partial charge is 0.455 e. The first-order valence-corrected chi connectivity index (χ1v) is 16.1. The van der Waals surface area contributed by atoms with E-state index in [1.807, 2.05) is 23.5 Å². The van der Waals surface area contributed by atoms with Crippen molar-refractivity contribution in [3.63, 3.8) is 0 Å². The molecule has 3 heterocycles. The monoisotopic (exact) mass is 591 g/mol. The van der Waals surface area contributed by atoms with Crippen LogP contribution in [0.1, 0.15) is 0 Å². The average Bonchev–Trinajstić information content (AvgIpc) is 3.78. The molecule has 0 saturated heterocycles. The SMILES string of the molecule is c1ccc(-c2ccc3c4c5sc6ccccc6c5ccc4n(-c4ccc(-c5cccc6c5oc5ccccc56)cc4)c3c2)cc1. The summed E-state index contributed by atoms with van der Waals surface area (Å²) in [5, 5.41) is 7.54. The zero-order valence-corrected chi connectivity index (χ0v) is 25.0. The van der Waals surface area contributed by atoms with Gasteiger partial charge in [-0.05, 0) is 53.1 Å². The predicted octanol–water partition coefficient (Wildman–Crippen LogP) is 12.4. The number of rotatable bonds is 3. The molecule has 0 saturated carbocycles. The topological polar surface area (TPSA) is 18.1 Å². The van der Waals surface area contributed by atoms with Crippen LogP contribution in [0.15, 0.2) is 156 Å². The third kappa shape index (κ3) is 3.62. The van der Waals surface area contributed by atoms with Crippen molar-refractivity contribution in [3.05, 3.63) is 152 Å². The van der Waals surface area contributed by atoms with Crippen molar-refractivity contribution in [2.24, 2.45) is 0 Å². The lowest BCUT2D eigenvalue weighted by molar-refractivity contribution is 0.670. The molecule has 0 bridgehead atoms. The molecule has 10 aromatic rings. The molecule has 3 heteroatoms. The second-order valence-electron chi connectivity index (χ2n) is 11.7. The molecule has 0 amide bonds. The summed E-state index contributed by atoms with van der Waals surface area (Å²) in [5.41, 5.74) is 10.1. The zero-order valence-electron chi connectivity index (χ0n) is 24.2. The highest BCUT2D eigenvalue weighted by Gasteiger charge is 2.19. The maximum Gasteiger partial charge on any atom is 0.143 e. The van der Waals surface area contributed by atoms with Crippen LogP contribution in [0.5, 0.6) is 0 Å². The Hall–Kier alpha value is -5.64. The second-order valence-corrected chi connectivity index (χ2v) is 12.7. The van der Waals surface area contributed by atoms with Gasteiger partial charge in [-0.15, -0.1) is 11.3 Å². The first-order chi connectivity index (χ1) is 22.3. The summed E-state index contributed by atoms with van der Waals surface area (Å²) in [6, 6.07) is 54.6. The third-order valence-corrected chi connectivity index (χ3v) is 10.4. The van der Waals surface area contributed by atoms with Gasteiger partial charge in [0.05, 0.1) is 11.0 Å². The minimum Gasteiger partial charge on any atom is -0.455 e. The van der Waals surface area contributed by atoms with Crippen LogP contribution >= 0.6 is 11.3 Å². The van der Waals surface area contributed by atoms with E-state index in [-0.39, 0.29) is 0 Å². The Morgan fingerprint density at radius 1 is 0.467 bits per heavy atom. The summed E-state index contributed by atoms with van der Waals surface area (Å²) in [6.07, 6.45) is 0. The van der Waals surface area contributed by atoms with Crippen LogP contribution in [-0.4, -0.2) is 4.57 Å². The fourth-order valence-corrected chi connectivity index (χ4v) is 8.39. The molecule has 0 radical (unpaired) electrons. The normalized spacial score (nSPS) is 12.0. The molecular formula is C42H25NOS. The Balaban J connectivity index is 1.22. The first kappa shape index (κ1) is 24.8. The molecule has 0 aliphatic carbocycles. The van der Waals surface area contributed by atoms with Gasteiger partial charge in [-0.3, -0.25) is 0 Å². The van der Waals surface area contributed by atoms with Crippen LogP contribution in [0.2, 0.25) is 0 Å². The zero-order chi connectivity index (χ0) is 29.5. The van der Waals surface area contributed by atoms with Gasteiger partial charge < -0.3 is 8.98 Å². The smallest absolute Gasteiger partial charge is 0.143 e. The molecule has 0 spiro atoms. The second kappa shape index (κ2) is 9.43. The van der Waals surface area contributed by atoms with Crippen molar-refractivity contribution in [1.82, 2.24) is 4.57 Å². The average molecular weight is 592 g/mol. The van der Waals surface area contributed by atoms with Gasteiger partial charge in [0.2, 0.25) is 0 Å². The van der Waals surface area contributed by atoms with Gasteiger partial charge in [-0.1, -0.05) is 115 Å². The number of hydrogen-bond acceptors (Lipinski definition) is 2. The molecule has 2 nitrogen and oxygen atoms in total. The highest BCUT2D eigenvalue weighted by atomic mass is 32.1. The van der Waals surface area contributed by atoms with Crippen LogP contribution in [0, 0.1) is 0 Å². The number of nitrogens with zero attached hydrogens (tertiary/aromatic N) is 1. The highest BCUT2D eigenvalue weighted by Crippen LogP contribution is 2.44. The van der Waals surface area contributed by atoms with E-state index in [0.29, 0.717) is 0 Å². The molecule has 3 aromatic heterocycles. The number of fused-ring (bicyclic) bond motifs is 10. The standard InChI is InChI=1S/C42H25NOS/c1-2-9-26(10-3-1)28-19-22-35-37(25-28)43(36-24-23-34-32-12-5-7-16-39(32)45-42(34)40(35)36)29-20-17-27(18-21-29)30-13-8-14-33-31-11-4-6-15-38(31)44-41(30)33/h1-25H. The van der Waals surface area contributed by atoms with Gasteiger partial charge in [0.25, 0.3) is 0 Å². The molecular weight excluding hydrogens is 567 g/mol. The number of benzene rings is 7. The Morgan fingerprint density at radius 2 is 1.20 bits per heavy atom. The molecule has 45 heavy (non-hydrogen) atoms. The van der Waals surface area contributed by atoms with Gasteiger partial charge >= 0.3 is 0 Å². The fraction of sp³-hybridized carbons (Fsp3) is 0. The van der Waals surface area contributed by atoms with Crippen molar-refractivity contribution in [2.75, 3.05) is 0 Å². The molecule has 10 rings (SSSR count). The number of thiophene rings is 1. The maximum atomic E-state index is 6.37. The molecule has 0 fully saturated rings. The van der Waals surface area contributed by atoms with Gasteiger partial charge in [0.1, 0.15) is 11.2 Å². The quantitative estimate of drug-likeness (QED) is 0.200. The van der Waals surface area contributed by atoms with E-state index in [1.54, 1.807) is 0 Å². The van der Waals surface area contributed by atoms with E-state index < -0.39 is 0 Å². The number of furan rings is 1. The van der Waals surface area contributed by atoms with Gasteiger partial charge in [0.15, 0.2) is 0 Å². The van der Waals surface area contributed by atoms with E-state index in [9.17, 15) is 0 Å². The summed E-state index contributed by atoms with van der Waals surface area (Å²) < 4.78 is 11.5. The summed E-state index contributed by atoms with van der Waals surface area (Å²) in [7, 11) is 0. The van der Waals surface area contributed by atoms with Crippen LogP contribution in [0.3, 0.4) is 0 Å². The van der Waals surface area contributed by atoms with E-state index >= 15 is 0 Å². The van der Waals surface area contributed by atoms with Crippen molar-refractivity contribution < 1.29 is 4.42 Å². The summed E-state index contributed by atoms with van der Waals surface area (Å²) >= 11 is 1.89. The third-order valence-electron chi connectivity index (χ3n) is 9.22. The minimum absolute atomic E-state index is 0.920. The van der Waals surface area contributed by atoms with Crippen molar-refractivity contribution in [2.45, 2.75) is 0 Å². The van der Waals surface area contributed by atoms with E-state index in [0.717, 1.165) is 38.8 Å². The van der Waals surface area contributed by atoms with Crippen molar-refractivity contribution in [3.8, 4) is 27.9 Å². The molecule has 0 unspecified atom stereocenters. The fourth-order valence-electron chi connectivity index (χ4n) is 7.14. The van der Waals surface area contributed by atoms with Gasteiger partial charge in [0, 0.05) is 53.0 Å². The van der Waals surface area contributed by atoms with Crippen LogP contribution in [-0.2, 0) is 0 Å². The molecule has 0 aliphatic heterocycles. The highest BCUT2D eigenvalue weighted by molar-refractivity contribution is 7.26. The minimum atomic E-state index is 0.920. The lowest BCUT2D eigenvalue weighted by Crippen LogP contribution is -1.94. The molecule has 0 N–H and O–H groups in total. The number of aromatic nitrogens is 1. The Morgan fingerprint density at radius 3 is 2.09 bits per heavy atom. The Labute approximate surface area is 263 Å². The molecule has 210 valence electrons. The lowest BCUT2D eigenvalue weighted by Gasteiger charge is -2.11. The number of hydrogen-bond donors (Lipinski definition) is 0. The maximum absolute atomic E-state index is 6.37. The summed E-state index contributed by atoms with van der Waals surface area (Å²) in [4.78, 5) is 0. The van der Waals surface area contributed by atoms with Crippen LogP contribution in [0.25, 0.3) is 91.9 Å². The predicted molar refractivity (Wildman–Crippen MR) is 192 cm³/mol. The van der Waals surface area contributed by atoms with E-state index in [4.69, 9.17) is 4.42 Å². The Kier molecular flexibility index (Phi) is 5.19. The molecule has 0 aliphatic rings. The Bertz CT molecular complexity index is 2740. The van der Waals surface area contributed by atoms with Crippen LogP contribution < -0.4 is 0 Å². The summed E-state index contributed by atoms with van der Waals surface area (Å²) in [6.45, 7) is 0. The lowest BCUT2D eigenvalue weighted by atomic mass is 10.0. The molecule has 7 aromatic carbocycles. The van der Waals surface area contributed by atoms with E-state index in [1.165, 1.54) is 53.1 Å². The van der Waals surface area contributed by atoms with Crippen molar-refractivity contribution in [1.29, 1.82) is 0 Å². The van der Waals surface area contributed by atoms with Gasteiger partial charge in [-0.25, -0.2) is 0 Å². The number of para-hydroxylation sites is 2. The molecule has 0 atom stereocenters.